The summed E-state index contributed by atoms with van der Waals surface area (Å²) in [5.74, 6) is 1.36. The minimum atomic E-state index is -0.224. The molecule has 0 spiro atoms. The van der Waals surface area contributed by atoms with Crippen LogP contribution in [0.1, 0.15) is 69.4 Å². The molecule has 4 rings (SSSR count). The van der Waals surface area contributed by atoms with Crippen LogP contribution in [0.5, 0.6) is 0 Å². The molecule has 1 saturated carbocycles. The van der Waals surface area contributed by atoms with Crippen molar-refractivity contribution in [1.29, 1.82) is 5.41 Å². The molecule has 1 aromatic carbocycles. The van der Waals surface area contributed by atoms with E-state index in [-0.39, 0.29) is 18.1 Å². The van der Waals surface area contributed by atoms with E-state index in [1.54, 1.807) is 11.1 Å². The molecule has 1 aliphatic heterocycles. The smallest absolute Gasteiger partial charge is 0.227 e. The Bertz CT molecular complexity index is 969. The Hall–Kier alpha value is -3.00. The highest BCUT2D eigenvalue weighted by atomic mass is 16.3. The van der Waals surface area contributed by atoms with Gasteiger partial charge < -0.3 is 20.6 Å². The molecule has 1 amide bonds. The monoisotopic (exact) mass is 450 g/mol. The molecule has 8 nitrogen and oxygen atoms in total. The maximum atomic E-state index is 12.0. The molecule has 2 aromatic rings. The summed E-state index contributed by atoms with van der Waals surface area (Å²) in [4.78, 5) is 23.0. The van der Waals surface area contributed by atoms with Gasteiger partial charge in [0.25, 0.3) is 0 Å². The van der Waals surface area contributed by atoms with Crippen molar-refractivity contribution in [1.82, 2.24) is 9.97 Å². The van der Waals surface area contributed by atoms with E-state index in [1.165, 1.54) is 0 Å². The van der Waals surface area contributed by atoms with E-state index < -0.39 is 0 Å². The van der Waals surface area contributed by atoms with Crippen LogP contribution >= 0.6 is 0 Å². The van der Waals surface area contributed by atoms with Crippen LogP contribution in [0.4, 0.5) is 17.5 Å². The number of unbranched alkanes of at least 4 members (excludes halogenated alkanes) is 1. The molecule has 0 atom stereocenters. The average Bonchev–Trinajstić information content (AvgIpc) is 3.26. The SMILES string of the molecule is CCCCNc1ncc(C(=N)c2ccc(N3CCCC3=O)cc2)c(NC2CCC(O)CC2)n1. The van der Waals surface area contributed by atoms with E-state index in [1.807, 2.05) is 24.3 Å². The second-order valence-electron chi connectivity index (χ2n) is 8.96. The lowest BCUT2D eigenvalue weighted by Gasteiger charge is -2.27. The minimum Gasteiger partial charge on any atom is -0.393 e. The lowest BCUT2D eigenvalue weighted by atomic mass is 9.93. The molecule has 176 valence electrons. The number of anilines is 3. The fraction of sp³-hybridized carbons (Fsp3) is 0.520. The van der Waals surface area contributed by atoms with Crippen molar-refractivity contribution >= 4 is 29.1 Å². The molecule has 0 bridgehead atoms. The van der Waals surface area contributed by atoms with Gasteiger partial charge in [0.05, 0.1) is 17.4 Å². The number of amides is 1. The normalized spacial score (nSPS) is 20.7. The van der Waals surface area contributed by atoms with Crippen LogP contribution in [0.15, 0.2) is 30.5 Å². The van der Waals surface area contributed by atoms with Gasteiger partial charge in [0.1, 0.15) is 5.82 Å². The molecule has 4 N–H and O–H groups in total. The topological polar surface area (TPSA) is 114 Å². The molecular formula is C25H34N6O2. The van der Waals surface area contributed by atoms with Gasteiger partial charge in [0.2, 0.25) is 11.9 Å². The van der Waals surface area contributed by atoms with Crippen LogP contribution in [-0.2, 0) is 4.79 Å². The number of carbonyl (C=O) groups excluding carboxylic acids is 1. The molecule has 1 aromatic heterocycles. The summed E-state index contributed by atoms with van der Waals surface area (Å²) in [5.41, 5.74) is 2.61. The summed E-state index contributed by atoms with van der Waals surface area (Å²) in [5, 5.41) is 25.5. The van der Waals surface area contributed by atoms with Crippen LogP contribution in [0.25, 0.3) is 0 Å². The maximum Gasteiger partial charge on any atom is 0.227 e. The first-order valence-electron chi connectivity index (χ1n) is 12.1. The van der Waals surface area contributed by atoms with Crippen LogP contribution in [-0.4, -0.2) is 51.9 Å². The van der Waals surface area contributed by atoms with Crippen molar-refractivity contribution in [3.05, 3.63) is 41.6 Å². The maximum absolute atomic E-state index is 12.0. The number of nitrogens with one attached hydrogen (secondary N) is 3. The van der Waals surface area contributed by atoms with E-state index in [4.69, 9.17) is 10.4 Å². The second kappa shape index (κ2) is 10.7. The first-order chi connectivity index (χ1) is 16.0. The van der Waals surface area contributed by atoms with Gasteiger partial charge in [-0.25, -0.2) is 4.98 Å². The van der Waals surface area contributed by atoms with Crippen molar-refractivity contribution in [2.75, 3.05) is 28.6 Å². The largest absolute Gasteiger partial charge is 0.393 e. The highest BCUT2D eigenvalue weighted by Crippen LogP contribution is 2.26. The standard InChI is InChI=1S/C25H34N6O2/c1-2-3-14-27-25-28-16-21(24(30-25)29-18-8-12-20(32)13-9-18)23(26)17-6-10-19(11-7-17)31-15-4-5-22(31)33/h6-7,10-11,16,18,20,26,32H,2-5,8-9,12-15H2,1H3,(H2,27,28,29,30). The Kier molecular flexibility index (Phi) is 7.54. The zero-order chi connectivity index (χ0) is 23.2. The third-order valence-corrected chi connectivity index (χ3v) is 6.45. The number of rotatable bonds is 9. The molecule has 0 unspecified atom stereocenters. The quantitative estimate of drug-likeness (QED) is 0.340. The number of aliphatic hydroxyl groups is 1. The summed E-state index contributed by atoms with van der Waals surface area (Å²) < 4.78 is 0. The summed E-state index contributed by atoms with van der Waals surface area (Å²) in [6.07, 6.45) is 8.38. The molecular weight excluding hydrogens is 416 g/mol. The van der Waals surface area contributed by atoms with Gasteiger partial charge in [0.15, 0.2) is 0 Å². The molecule has 2 fully saturated rings. The molecule has 8 heteroatoms. The lowest BCUT2D eigenvalue weighted by Crippen LogP contribution is -2.29. The fourth-order valence-corrected chi connectivity index (χ4v) is 4.44. The van der Waals surface area contributed by atoms with Crippen LogP contribution in [0.3, 0.4) is 0 Å². The Labute approximate surface area is 195 Å². The molecule has 2 aliphatic rings. The van der Waals surface area contributed by atoms with E-state index in [9.17, 15) is 9.90 Å². The van der Waals surface area contributed by atoms with Crippen molar-refractivity contribution in [2.24, 2.45) is 0 Å². The van der Waals surface area contributed by atoms with E-state index in [2.05, 4.69) is 22.5 Å². The summed E-state index contributed by atoms with van der Waals surface area (Å²) in [6, 6.07) is 7.80. The zero-order valence-corrected chi connectivity index (χ0v) is 19.3. The predicted octanol–water partition coefficient (Wildman–Crippen LogP) is 3.95. The number of carbonyl (C=O) groups is 1. The van der Waals surface area contributed by atoms with Crippen LogP contribution in [0, 0.1) is 5.41 Å². The van der Waals surface area contributed by atoms with Gasteiger partial charge in [-0.05, 0) is 50.7 Å². The highest BCUT2D eigenvalue weighted by Gasteiger charge is 2.24. The Balaban J connectivity index is 1.55. The summed E-state index contributed by atoms with van der Waals surface area (Å²) in [7, 11) is 0. The number of benzene rings is 1. The van der Waals surface area contributed by atoms with Gasteiger partial charge in [-0.1, -0.05) is 25.5 Å². The Morgan fingerprint density at radius 3 is 2.64 bits per heavy atom. The molecule has 0 radical (unpaired) electrons. The van der Waals surface area contributed by atoms with E-state index >= 15 is 0 Å². The molecule has 1 saturated heterocycles. The van der Waals surface area contributed by atoms with Crippen molar-refractivity contribution in [2.45, 2.75) is 70.4 Å². The summed E-state index contributed by atoms with van der Waals surface area (Å²) >= 11 is 0. The highest BCUT2D eigenvalue weighted by molar-refractivity contribution is 6.13. The number of hydrogen-bond donors (Lipinski definition) is 4. The van der Waals surface area contributed by atoms with Crippen LogP contribution in [0.2, 0.25) is 0 Å². The predicted molar refractivity (Wildman–Crippen MR) is 131 cm³/mol. The van der Waals surface area contributed by atoms with Crippen molar-refractivity contribution < 1.29 is 9.90 Å². The molecule has 33 heavy (non-hydrogen) atoms. The van der Waals surface area contributed by atoms with Gasteiger partial charge in [-0.15, -0.1) is 0 Å². The van der Waals surface area contributed by atoms with Crippen LogP contribution < -0.4 is 15.5 Å². The third kappa shape index (κ3) is 5.68. The Morgan fingerprint density at radius 1 is 1.21 bits per heavy atom. The van der Waals surface area contributed by atoms with Crippen molar-refractivity contribution in [3.8, 4) is 0 Å². The van der Waals surface area contributed by atoms with Gasteiger partial charge in [-0.2, -0.15) is 4.98 Å². The van der Waals surface area contributed by atoms with E-state index in [0.717, 1.165) is 69.3 Å². The van der Waals surface area contributed by atoms with Crippen molar-refractivity contribution in [3.63, 3.8) is 0 Å². The third-order valence-electron chi connectivity index (χ3n) is 6.45. The van der Waals surface area contributed by atoms with Gasteiger partial charge in [0, 0.05) is 43.0 Å². The fourth-order valence-electron chi connectivity index (χ4n) is 4.44. The number of aliphatic hydroxyl groups excluding tert-OH is 1. The number of nitrogens with zero attached hydrogens (tertiary/aromatic N) is 3. The first-order valence-corrected chi connectivity index (χ1v) is 12.1. The Morgan fingerprint density at radius 2 is 1.97 bits per heavy atom. The van der Waals surface area contributed by atoms with Gasteiger partial charge >= 0.3 is 0 Å². The van der Waals surface area contributed by atoms with E-state index in [0.29, 0.717) is 29.5 Å². The first kappa shape index (κ1) is 23.2. The average molecular weight is 451 g/mol. The van der Waals surface area contributed by atoms with Gasteiger partial charge in [-0.3, -0.25) is 10.2 Å². The second-order valence-corrected chi connectivity index (χ2v) is 8.96. The molecule has 1 aliphatic carbocycles. The minimum absolute atomic E-state index is 0.154. The molecule has 2 heterocycles. The lowest BCUT2D eigenvalue weighted by molar-refractivity contribution is -0.117. The number of aromatic nitrogens is 2. The zero-order valence-electron chi connectivity index (χ0n) is 19.3. The number of hydrogen-bond acceptors (Lipinski definition) is 7. The summed E-state index contributed by atoms with van der Waals surface area (Å²) in [6.45, 7) is 3.70.